The number of fused-ring (bicyclic) bond motifs is 3. The van der Waals surface area contributed by atoms with E-state index in [9.17, 15) is 19.5 Å². The third-order valence-corrected chi connectivity index (χ3v) is 7.95. The highest BCUT2D eigenvalue weighted by atomic mass is 16.5. The lowest BCUT2D eigenvalue weighted by Crippen LogP contribution is -2.55. The molecule has 1 aliphatic heterocycles. The molecule has 7 nitrogen and oxygen atoms in total. The summed E-state index contributed by atoms with van der Waals surface area (Å²) < 4.78 is 5.68. The largest absolute Gasteiger partial charge is 0.480 e. The molecule has 2 aromatic rings. The zero-order valence-electron chi connectivity index (χ0n) is 20.0. The maximum absolute atomic E-state index is 13.4. The van der Waals surface area contributed by atoms with Crippen LogP contribution >= 0.6 is 0 Å². The van der Waals surface area contributed by atoms with Gasteiger partial charge in [-0.15, -0.1) is 0 Å². The number of alkyl carbamates (subject to hydrolysis) is 1. The summed E-state index contributed by atoms with van der Waals surface area (Å²) in [5.41, 5.74) is 4.63. The van der Waals surface area contributed by atoms with E-state index in [1.165, 1.54) is 16.0 Å². The third kappa shape index (κ3) is 4.40. The van der Waals surface area contributed by atoms with Crippen LogP contribution in [-0.4, -0.2) is 53.2 Å². The van der Waals surface area contributed by atoms with Gasteiger partial charge in [0.1, 0.15) is 12.6 Å². The highest BCUT2D eigenvalue weighted by molar-refractivity contribution is 5.86. The van der Waals surface area contributed by atoms with E-state index in [4.69, 9.17) is 4.74 Å². The Morgan fingerprint density at radius 2 is 1.63 bits per heavy atom. The van der Waals surface area contributed by atoms with Crippen molar-refractivity contribution < 1.29 is 24.2 Å². The molecule has 35 heavy (non-hydrogen) atoms. The van der Waals surface area contributed by atoms with Crippen molar-refractivity contribution in [2.45, 2.75) is 57.0 Å². The van der Waals surface area contributed by atoms with E-state index in [2.05, 4.69) is 29.6 Å². The molecule has 184 valence electrons. The van der Waals surface area contributed by atoms with Crippen molar-refractivity contribution in [2.24, 2.45) is 11.8 Å². The van der Waals surface area contributed by atoms with Gasteiger partial charge in [0.25, 0.3) is 0 Å². The van der Waals surface area contributed by atoms with Crippen LogP contribution in [0.3, 0.4) is 0 Å². The second-order valence-corrected chi connectivity index (χ2v) is 10.0. The number of hydrogen-bond acceptors (Lipinski definition) is 4. The summed E-state index contributed by atoms with van der Waals surface area (Å²) >= 11 is 0. The summed E-state index contributed by atoms with van der Waals surface area (Å²) in [6.07, 6.45) is 3.21. The van der Waals surface area contributed by atoms with E-state index in [0.717, 1.165) is 30.4 Å². The van der Waals surface area contributed by atoms with Gasteiger partial charge in [0.15, 0.2) is 0 Å². The van der Waals surface area contributed by atoms with Crippen LogP contribution in [0.1, 0.15) is 56.1 Å². The summed E-state index contributed by atoms with van der Waals surface area (Å²) in [6, 6.07) is 15.2. The molecule has 4 atom stereocenters. The van der Waals surface area contributed by atoms with Crippen molar-refractivity contribution in [1.82, 2.24) is 10.2 Å². The predicted octanol–water partition coefficient (Wildman–Crippen LogP) is 4.41. The minimum atomic E-state index is -0.954. The summed E-state index contributed by atoms with van der Waals surface area (Å²) in [5.74, 6) is -1.64. The average molecular weight is 477 g/mol. The first-order valence-corrected chi connectivity index (χ1v) is 12.6. The van der Waals surface area contributed by atoms with Gasteiger partial charge in [-0.1, -0.05) is 61.9 Å². The number of ether oxygens (including phenoxy) is 1. The Morgan fingerprint density at radius 1 is 0.971 bits per heavy atom. The second-order valence-electron chi connectivity index (χ2n) is 10.0. The first-order valence-electron chi connectivity index (χ1n) is 12.6. The molecule has 2 amide bonds. The Bertz CT molecular complexity index is 1090. The van der Waals surface area contributed by atoms with E-state index in [1.54, 1.807) is 0 Å². The first-order chi connectivity index (χ1) is 17.0. The van der Waals surface area contributed by atoms with Crippen LogP contribution < -0.4 is 5.32 Å². The minimum absolute atomic E-state index is 0.0275. The number of amides is 2. The summed E-state index contributed by atoms with van der Waals surface area (Å²) in [6.45, 7) is 2.56. The fraction of sp³-hybridized carbons (Fsp3) is 0.464. The third-order valence-electron chi connectivity index (χ3n) is 7.95. The Kier molecular flexibility index (Phi) is 6.50. The number of carbonyl (C=O) groups is 3. The van der Waals surface area contributed by atoms with Gasteiger partial charge < -0.3 is 20.1 Å². The number of benzene rings is 2. The van der Waals surface area contributed by atoms with Gasteiger partial charge in [-0.2, -0.15) is 0 Å². The minimum Gasteiger partial charge on any atom is -0.480 e. The molecule has 7 heteroatoms. The topological polar surface area (TPSA) is 95.9 Å². The van der Waals surface area contributed by atoms with Gasteiger partial charge in [0, 0.05) is 18.5 Å². The van der Waals surface area contributed by atoms with Crippen LogP contribution in [0.5, 0.6) is 0 Å². The number of aliphatic carboxylic acids is 1. The lowest BCUT2D eigenvalue weighted by molar-refractivity contribution is -0.156. The smallest absolute Gasteiger partial charge is 0.407 e. The molecule has 2 unspecified atom stereocenters. The number of nitrogens with one attached hydrogen (secondary N) is 1. The molecule has 2 aliphatic carbocycles. The van der Waals surface area contributed by atoms with Crippen LogP contribution in [0.4, 0.5) is 4.79 Å². The van der Waals surface area contributed by atoms with Crippen molar-refractivity contribution in [1.29, 1.82) is 0 Å². The average Bonchev–Trinajstić information content (AvgIpc) is 3.44. The molecule has 0 radical (unpaired) electrons. The van der Waals surface area contributed by atoms with Crippen molar-refractivity contribution in [3.63, 3.8) is 0 Å². The van der Waals surface area contributed by atoms with E-state index in [0.29, 0.717) is 19.4 Å². The monoisotopic (exact) mass is 476 g/mol. The number of carboxylic acids is 1. The van der Waals surface area contributed by atoms with E-state index in [1.807, 2.05) is 31.2 Å². The number of likely N-dealkylation sites (tertiary alicyclic amines) is 1. The molecule has 2 N–H and O–H groups in total. The van der Waals surface area contributed by atoms with Crippen molar-refractivity contribution in [2.75, 3.05) is 13.2 Å². The van der Waals surface area contributed by atoms with Crippen LogP contribution in [0.2, 0.25) is 0 Å². The molecule has 0 bridgehead atoms. The molecule has 0 aromatic heterocycles. The van der Waals surface area contributed by atoms with Gasteiger partial charge in [-0.05, 0) is 53.9 Å². The molecule has 0 spiro atoms. The fourth-order valence-corrected chi connectivity index (χ4v) is 6.24. The lowest BCUT2D eigenvalue weighted by Gasteiger charge is -2.39. The number of piperidine rings is 1. The standard InChI is InChI=1S/C28H32N2O5/c1-17-8-7-15-30(25(17)27(32)33)26(31)22-13-6-14-24(22)29-28(34)35-16-23-20-11-4-2-9-18(20)19-10-3-5-12-21(19)23/h2-5,9-12,17,22-25H,6-8,13-16H2,1H3,(H,29,34)(H,32,33)/t17?,22-,24+,25?/m0/s1. The predicted molar refractivity (Wildman–Crippen MR) is 131 cm³/mol. The molecule has 5 rings (SSSR count). The molecule has 1 saturated carbocycles. The van der Waals surface area contributed by atoms with Crippen LogP contribution in [0.15, 0.2) is 48.5 Å². The Hall–Kier alpha value is -3.35. The highest BCUT2D eigenvalue weighted by Crippen LogP contribution is 2.44. The van der Waals surface area contributed by atoms with Gasteiger partial charge in [-0.25, -0.2) is 9.59 Å². The molecule has 3 aliphatic rings. The zero-order chi connectivity index (χ0) is 24.5. The van der Waals surface area contributed by atoms with E-state index >= 15 is 0 Å². The van der Waals surface area contributed by atoms with E-state index < -0.39 is 24.0 Å². The Labute approximate surface area is 205 Å². The number of carboxylic acid groups (broad SMARTS) is 1. The Balaban J connectivity index is 1.23. The van der Waals surface area contributed by atoms with Crippen LogP contribution in [0, 0.1) is 11.8 Å². The van der Waals surface area contributed by atoms with Gasteiger partial charge in [-0.3, -0.25) is 4.79 Å². The first kappa shape index (κ1) is 23.4. The molecule has 2 fully saturated rings. The van der Waals surface area contributed by atoms with Crippen LogP contribution in [0.25, 0.3) is 11.1 Å². The highest BCUT2D eigenvalue weighted by Gasteiger charge is 2.43. The second kappa shape index (κ2) is 9.72. The maximum atomic E-state index is 13.4. The maximum Gasteiger partial charge on any atom is 0.407 e. The van der Waals surface area contributed by atoms with Crippen molar-refractivity contribution in [3.05, 3.63) is 59.7 Å². The summed E-state index contributed by atoms with van der Waals surface area (Å²) in [7, 11) is 0. The Morgan fingerprint density at radius 3 is 2.29 bits per heavy atom. The molecular weight excluding hydrogens is 444 g/mol. The van der Waals surface area contributed by atoms with Gasteiger partial charge in [0.2, 0.25) is 5.91 Å². The molecule has 1 heterocycles. The van der Waals surface area contributed by atoms with Gasteiger partial charge in [0.05, 0.1) is 5.92 Å². The lowest BCUT2D eigenvalue weighted by atomic mass is 9.89. The van der Waals surface area contributed by atoms with Crippen LogP contribution in [-0.2, 0) is 14.3 Å². The SMILES string of the molecule is CC1CCCN(C(=O)[C@H]2CCC[C@H]2NC(=O)OCC2c3ccccc3-c3ccccc32)C1C(=O)O. The van der Waals surface area contributed by atoms with E-state index in [-0.39, 0.29) is 30.4 Å². The molecular formula is C28H32N2O5. The fourth-order valence-electron chi connectivity index (χ4n) is 6.24. The summed E-state index contributed by atoms with van der Waals surface area (Å²) in [4.78, 5) is 39.5. The summed E-state index contributed by atoms with van der Waals surface area (Å²) in [5, 5.41) is 12.6. The zero-order valence-corrected chi connectivity index (χ0v) is 20.0. The number of rotatable bonds is 5. The normalized spacial score (nSPS) is 25.6. The number of carbonyl (C=O) groups excluding carboxylic acids is 2. The quantitative estimate of drug-likeness (QED) is 0.667. The van der Waals surface area contributed by atoms with Crippen molar-refractivity contribution in [3.8, 4) is 11.1 Å². The number of nitrogens with zero attached hydrogens (tertiary/aromatic N) is 1. The van der Waals surface area contributed by atoms with Crippen molar-refractivity contribution >= 4 is 18.0 Å². The molecule has 1 saturated heterocycles. The van der Waals surface area contributed by atoms with Gasteiger partial charge >= 0.3 is 12.1 Å². The number of hydrogen-bond donors (Lipinski definition) is 2. The molecule has 2 aromatic carbocycles.